The summed E-state index contributed by atoms with van der Waals surface area (Å²) in [5.41, 5.74) is 5.31. The maximum absolute atomic E-state index is 12.7. The van der Waals surface area contributed by atoms with Crippen molar-refractivity contribution in [3.8, 4) is 0 Å². The largest absolute Gasteiger partial charge is 0.332 e. The Bertz CT molecular complexity index is 699. The molecule has 2 aromatic rings. The van der Waals surface area contributed by atoms with Crippen molar-refractivity contribution in [3.63, 3.8) is 0 Å². The van der Waals surface area contributed by atoms with Gasteiger partial charge in [0.2, 0.25) is 0 Å². The first-order valence-electron chi connectivity index (χ1n) is 7.32. The lowest BCUT2D eigenvalue weighted by Gasteiger charge is -2.26. The molecule has 6 nitrogen and oxygen atoms in total. The van der Waals surface area contributed by atoms with Crippen molar-refractivity contribution in [2.45, 2.75) is 25.9 Å². The molecule has 7 heteroatoms. The quantitative estimate of drug-likeness (QED) is 0.824. The summed E-state index contributed by atoms with van der Waals surface area (Å²) >= 11 is 0. The molecule has 0 aliphatic carbocycles. The monoisotopic (exact) mass is 319 g/mol. The van der Waals surface area contributed by atoms with E-state index in [4.69, 9.17) is 0 Å². The van der Waals surface area contributed by atoms with Crippen LogP contribution in [0.5, 0.6) is 0 Å². The molecular formula is C15H18ClN5O. The molecule has 1 aromatic carbocycles. The van der Waals surface area contributed by atoms with Crippen LogP contribution in [-0.2, 0) is 25.9 Å². The summed E-state index contributed by atoms with van der Waals surface area (Å²) in [6.45, 7) is 3.14. The Morgan fingerprint density at radius 3 is 3.05 bits per heavy atom. The third-order valence-electron chi connectivity index (χ3n) is 4.30. The van der Waals surface area contributed by atoms with Crippen molar-refractivity contribution in [3.05, 3.63) is 46.3 Å². The summed E-state index contributed by atoms with van der Waals surface area (Å²) in [5.74, 6) is 0.0879. The molecule has 0 radical (unpaired) electrons. The number of H-pyrrole nitrogens is 1. The second-order valence-electron chi connectivity index (χ2n) is 5.62. The Morgan fingerprint density at radius 2 is 2.14 bits per heavy atom. The minimum atomic E-state index is 0. The van der Waals surface area contributed by atoms with E-state index in [1.807, 2.05) is 11.0 Å². The molecule has 3 heterocycles. The van der Waals surface area contributed by atoms with Gasteiger partial charge in [0.1, 0.15) is 5.69 Å². The van der Waals surface area contributed by atoms with Gasteiger partial charge in [-0.1, -0.05) is 11.3 Å². The summed E-state index contributed by atoms with van der Waals surface area (Å²) in [7, 11) is 0. The number of carbonyl (C=O) groups excluding carboxylic acids is 1. The molecule has 22 heavy (non-hydrogen) atoms. The van der Waals surface area contributed by atoms with Crippen LogP contribution >= 0.6 is 12.4 Å². The zero-order valence-electron chi connectivity index (χ0n) is 12.1. The van der Waals surface area contributed by atoms with Crippen LogP contribution in [0.3, 0.4) is 0 Å². The van der Waals surface area contributed by atoms with Gasteiger partial charge in [-0.15, -0.1) is 17.5 Å². The van der Waals surface area contributed by atoms with Crippen LogP contribution in [0.2, 0.25) is 0 Å². The Balaban J connectivity index is 0.00000144. The molecule has 116 valence electrons. The Hall–Kier alpha value is -1.92. The lowest BCUT2D eigenvalue weighted by Crippen LogP contribution is -2.36. The van der Waals surface area contributed by atoms with Gasteiger partial charge in [0, 0.05) is 25.1 Å². The predicted octanol–water partition coefficient (Wildman–Crippen LogP) is 1.07. The van der Waals surface area contributed by atoms with Gasteiger partial charge in [-0.25, -0.2) is 0 Å². The number of fused-ring (bicyclic) bond motifs is 2. The molecule has 2 aliphatic heterocycles. The van der Waals surface area contributed by atoms with Crippen molar-refractivity contribution in [2.24, 2.45) is 0 Å². The van der Waals surface area contributed by atoms with Crippen LogP contribution in [0.15, 0.2) is 18.2 Å². The minimum absolute atomic E-state index is 0. The number of carbonyl (C=O) groups is 1. The second-order valence-corrected chi connectivity index (χ2v) is 5.62. The first-order valence-corrected chi connectivity index (χ1v) is 7.32. The Labute approximate surface area is 134 Å². The number of benzene rings is 1. The minimum Gasteiger partial charge on any atom is -0.332 e. The number of nitrogens with one attached hydrogen (secondary N) is 2. The van der Waals surface area contributed by atoms with Crippen molar-refractivity contribution in [2.75, 3.05) is 13.1 Å². The molecule has 1 aromatic heterocycles. The summed E-state index contributed by atoms with van der Waals surface area (Å²) in [6.07, 6.45) is 1.78. The second kappa shape index (κ2) is 6.06. The normalized spacial score (nSPS) is 16.5. The maximum Gasteiger partial charge on any atom is 0.254 e. The highest BCUT2D eigenvalue weighted by Gasteiger charge is 2.24. The summed E-state index contributed by atoms with van der Waals surface area (Å²) in [4.78, 5) is 14.5. The molecule has 0 atom stereocenters. The fourth-order valence-corrected chi connectivity index (χ4v) is 3.07. The summed E-state index contributed by atoms with van der Waals surface area (Å²) in [5, 5.41) is 14.1. The summed E-state index contributed by atoms with van der Waals surface area (Å²) < 4.78 is 0. The average molecular weight is 320 g/mol. The van der Waals surface area contributed by atoms with Gasteiger partial charge in [-0.3, -0.25) is 9.89 Å². The van der Waals surface area contributed by atoms with E-state index in [9.17, 15) is 4.79 Å². The molecule has 0 saturated carbocycles. The highest BCUT2D eigenvalue weighted by atomic mass is 35.5. The number of nitrogens with zero attached hydrogens (tertiary/aromatic N) is 3. The van der Waals surface area contributed by atoms with Crippen LogP contribution in [-0.4, -0.2) is 39.3 Å². The first-order chi connectivity index (χ1) is 10.3. The lowest BCUT2D eigenvalue weighted by molar-refractivity contribution is 0.0731. The fraction of sp³-hybridized carbons (Fsp3) is 0.400. The summed E-state index contributed by atoms with van der Waals surface area (Å²) in [6, 6.07) is 6.06. The van der Waals surface area contributed by atoms with Crippen LogP contribution in [0, 0.1) is 0 Å². The molecule has 1 amide bonds. The van der Waals surface area contributed by atoms with Crippen molar-refractivity contribution in [1.29, 1.82) is 0 Å². The van der Waals surface area contributed by atoms with Gasteiger partial charge in [0.15, 0.2) is 0 Å². The highest BCUT2D eigenvalue weighted by Crippen LogP contribution is 2.20. The molecule has 0 bridgehead atoms. The van der Waals surface area contributed by atoms with E-state index >= 15 is 0 Å². The molecule has 2 aliphatic rings. The average Bonchev–Trinajstić information content (AvgIpc) is 3.01. The van der Waals surface area contributed by atoms with Gasteiger partial charge in [-0.05, 0) is 36.2 Å². The zero-order chi connectivity index (χ0) is 14.2. The van der Waals surface area contributed by atoms with E-state index in [1.54, 1.807) is 0 Å². The maximum atomic E-state index is 12.7. The van der Waals surface area contributed by atoms with Crippen molar-refractivity contribution < 1.29 is 4.79 Å². The predicted molar refractivity (Wildman–Crippen MR) is 83.9 cm³/mol. The third kappa shape index (κ3) is 2.60. The number of rotatable bonds is 1. The number of hydrogen-bond donors (Lipinski definition) is 2. The molecule has 0 spiro atoms. The number of amides is 1. The number of halogens is 1. The van der Waals surface area contributed by atoms with Crippen LogP contribution in [0.1, 0.15) is 32.9 Å². The first kappa shape index (κ1) is 15.0. The number of hydrogen-bond acceptors (Lipinski definition) is 4. The van der Waals surface area contributed by atoms with E-state index in [1.165, 1.54) is 11.1 Å². The molecular weight excluding hydrogens is 302 g/mol. The van der Waals surface area contributed by atoms with Gasteiger partial charge >= 0.3 is 0 Å². The highest BCUT2D eigenvalue weighted by molar-refractivity contribution is 5.94. The van der Waals surface area contributed by atoms with E-state index in [-0.39, 0.29) is 18.3 Å². The molecule has 0 saturated heterocycles. The van der Waals surface area contributed by atoms with Crippen LogP contribution in [0.25, 0.3) is 0 Å². The molecule has 0 fully saturated rings. The Kier molecular flexibility index (Phi) is 4.13. The molecule has 0 unspecified atom stereocenters. The van der Waals surface area contributed by atoms with Gasteiger partial charge in [0.05, 0.1) is 12.2 Å². The van der Waals surface area contributed by atoms with Gasteiger partial charge in [-0.2, -0.15) is 0 Å². The number of aromatic amines is 1. The van der Waals surface area contributed by atoms with E-state index in [0.29, 0.717) is 13.1 Å². The third-order valence-corrected chi connectivity index (χ3v) is 4.30. The van der Waals surface area contributed by atoms with E-state index in [2.05, 4.69) is 32.9 Å². The standard InChI is InChI=1S/C15H17N5O.ClH/c21-15(20-6-4-13-14(9-20)18-19-17-13)11-1-2-12-8-16-5-3-10(12)7-11;/h1-2,7,16H,3-6,8-9H2,(H,17,18,19);1H. The lowest BCUT2D eigenvalue weighted by atomic mass is 9.97. The van der Waals surface area contributed by atoms with E-state index < -0.39 is 0 Å². The van der Waals surface area contributed by atoms with Crippen LogP contribution < -0.4 is 5.32 Å². The van der Waals surface area contributed by atoms with Crippen molar-refractivity contribution in [1.82, 2.24) is 25.6 Å². The van der Waals surface area contributed by atoms with Gasteiger partial charge < -0.3 is 10.2 Å². The smallest absolute Gasteiger partial charge is 0.254 e. The number of aromatic nitrogens is 3. The van der Waals surface area contributed by atoms with E-state index in [0.717, 1.165) is 42.9 Å². The SMILES string of the molecule is Cl.O=C(c1ccc2c(c1)CCNC2)N1CCc2[nH]nnc2C1. The molecule has 2 N–H and O–H groups in total. The van der Waals surface area contributed by atoms with Crippen molar-refractivity contribution >= 4 is 18.3 Å². The topological polar surface area (TPSA) is 73.9 Å². The molecule has 4 rings (SSSR count). The van der Waals surface area contributed by atoms with Crippen LogP contribution in [0.4, 0.5) is 0 Å². The fourth-order valence-electron chi connectivity index (χ4n) is 3.07. The zero-order valence-corrected chi connectivity index (χ0v) is 12.9. The Morgan fingerprint density at radius 1 is 1.23 bits per heavy atom. The van der Waals surface area contributed by atoms with Gasteiger partial charge in [0.25, 0.3) is 5.91 Å².